The van der Waals surface area contributed by atoms with Crippen molar-refractivity contribution >= 4 is 5.69 Å². The second kappa shape index (κ2) is 7.95. The normalized spacial score (nSPS) is 23.9. The number of aromatic amines is 1. The molecule has 1 aromatic heterocycles. The summed E-state index contributed by atoms with van der Waals surface area (Å²) < 4.78 is 11.5. The molecule has 1 aromatic carbocycles. The molecule has 0 radical (unpaired) electrons. The van der Waals surface area contributed by atoms with Gasteiger partial charge in [-0.15, -0.1) is 0 Å². The van der Waals surface area contributed by atoms with Gasteiger partial charge < -0.3 is 19.7 Å². The van der Waals surface area contributed by atoms with Crippen molar-refractivity contribution in [2.75, 3.05) is 37.7 Å². The number of anilines is 1. The van der Waals surface area contributed by atoms with E-state index in [0.29, 0.717) is 0 Å². The Hall–Kier alpha value is -1.96. The number of nitrogens with zero attached hydrogens (tertiary/aromatic N) is 3. The summed E-state index contributed by atoms with van der Waals surface area (Å²) in [6, 6.07) is 8.61. The van der Waals surface area contributed by atoms with Crippen LogP contribution in [0.25, 0.3) is 0 Å². The maximum absolute atomic E-state index is 6.07. The zero-order chi connectivity index (χ0) is 16.9. The van der Waals surface area contributed by atoms with E-state index in [9.17, 15) is 0 Å². The smallest absolute Gasteiger partial charge is 0.153 e. The molecule has 2 aliphatic heterocycles. The molecule has 134 valence electrons. The summed E-state index contributed by atoms with van der Waals surface area (Å²) in [4.78, 5) is 6.61. The van der Waals surface area contributed by atoms with Gasteiger partial charge in [0.05, 0.1) is 19.3 Å². The van der Waals surface area contributed by atoms with Crippen molar-refractivity contribution < 1.29 is 9.47 Å². The highest BCUT2D eigenvalue weighted by Crippen LogP contribution is 2.30. The molecule has 2 saturated heterocycles. The molecule has 2 aromatic rings. The van der Waals surface area contributed by atoms with Gasteiger partial charge in [0.2, 0.25) is 0 Å². The van der Waals surface area contributed by atoms with E-state index in [-0.39, 0.29) is 12.2 Å². The number of ether oxygens (including phenoxy) is 2. The van der Waals surface area contributed by atoms with E-state index >= 15 is 0 Å². The molecule has 7 nitrogen and oxygen atoms in total. The van der Waals surface area contributed by atoms with E-state index < -0.39 is 0 Å². The largest absolute Gasteiger partial charge is 0.378 e. The van der Waals surface area contributed by atoms with Crippen LogP contribution in [-0.4, -0.2) is 54.1 Å². The Labute approximate surface area is 147 Å². The van der Waals surface area contributed by atoms with Gasteiger partial charge in [0, 0.05) is 31.9 Å². The quantitative estimate of drug-likeness (QED) is 0.831. The lowest BCUT2D eigenvalue weighted by Gasteiger charge is -2.30. The first-order chi connectivity index (χ1) is 12.4. The number of H-pyrrole nitrogens is 1. The summed E-state index contributed by atoms with van der Waals surface area (Å²) in [5.41, 5.74) is 2.64. The molecule has 3 heterocycles. The molecular formula is C18H25N5O2. The highest BCUT2D eigenvalue weighted by Gasteiger charge is 2.28. The van der Waals surface area contributed by atoms with E-state index in [1.807, 2.05) is 0 Å². The Kier molecular flexibility index (Phi) is 5.25. The first-order valence-corrected chi connectivity index (χ1v) is 9.02. The van der Waals surface area contributed by atoms with E-state index in [2.05, 4.69) is 49.7 Å². The average Bonchev–Trinajstić information content (AvgIpc) is 3.35. The number of morpholine rings is 1. The molecule has 7 heteroatoms. The number of hydrogen-bond donors (Lipinski definition) is 2. The molecular weight excluding hydrogens is 318 g/mol. The Morgan fingerprint density at radius 1 is 1.20 bits per heavy atom. The minimum atomic E-state index is 0.0509. The molecule has 2 N–H and O–H groups in total. The van der Waals surface area contributed by atoms with Crippen LogP contribution in [0.4, 0.5) is 5.69 Å². The summed E-state index contributed by atoms with van der Waals surface area (Å²) in [6.07, 6.45) is 3.85. The van der Waals surface area contributed by atoms with Crippen LogP contribution >= 0.6 is 0 Å². The van der Waals surface area contributed by atoms with E-state index in [0.717, 1.165) is 58.1 Å². The monoisotopic (exact) mass is 343 g/mol. The van der Waals surface area contributed by atoms with Gasteiger partial charge in [-0.2, -0.15) is 5.10 Å². The topological polar surface area (TPSA) is 75.3 Å². The zero-order valence-corrected chi connectivity index (χ0v) is 14.4. The number of para-hydroxylation sites is 1. The molecule has 2 aliphatic rings. The first kappa shape index (κ1) is 16.5. The van der Waals surface area contributed by atoms with Crippen LogP contribution in [0.3, 0.4) is 0 Å². The van der Waals surface area contributed by atoms with Gasteiger partial charge in [0.1, 0.15) is 12.4 Å². The number of aromatic nitrogens is 3. The van der Waals surface area contributed by atoms with Crippen molar-refractivity contribution in [2.45, 2.75) is 31.6 Å². The van der Waals surface area contributed by atoms with Gasteiger partial charge in [0.15, 0.2) is 5.82 Å². The van der Waals surface area contributed by atoms with Crippen molar-refractivity contribution in [3.63, 3.8) is 0 Å². The van der Waals surface area contributed by atoms with Gasteiger partial charge in [-0.05, 0) is 24.5 Å². The minimum absolute atomic E-state index is 0.0509. The summed E-state index contributed by atoms with van der Waals surface area (Å²) in [7, 11) is 0. The van der Waals surface area contributed by atoms with Gasteiger partial charge in [-0.25, -0.2) is 4.98 Å². The fraction of sp³-hybridized carbons (Fsp3) is 0.556. The van der Waals surface area contributed by atoms with Crippen molar-refractivity contribution in [3.05, 3.63) is 42.0 Å². The number of hydrogen-bond acceptors (Lipinski definition) is 6. The molecule has 2 atom stereocenters. The predicted molar refractivity (Wildman–Crippen MR) is 94.4 cm³/mol. The van der Waals surface area contributed by atoms with Crippen LogP contribution < -0.4 is 10.2 Å². The minimum Gasteiger partial charge on any atom is -0.378 e. The highest BCUT2D eigenvalue weighted by atomic mass is 16.5. The molecule has 0 spiro atoms. The Morgan fingerprint density at radius 3 is 2.92 bits per heavy atom. The van der Waals surface area contributed by atoms with Gasteiger partial charge >= 0.3 is 0 Å². The molecule has 0 bridgehead atoms. The molecule has 0 amide bonds. The summed E-state index contributed by atoms with van der Waals surface area (Å²) in [6.45, 7) is 5.23. The maximum Gasteiger partial charge on any atom is 0.153 e. The molecule has 0 aliphatic carbocycles. The fourth-order valence-electron chi connectivity index (χ4n) is 3.57. The van der Waals surface area contributed by atoms with Crippen molar-refractivity contribution in [1.29, 1.82) is 0 Å². The third kappa shape index (κ3) is 4.00. The predicted octanol–water partition coefficient (Wildman–Crippen LogP) is 1.65. The lowest BCUT2D eigenvalue weighted by molar-refractivity contribution is 0.0401. The Bertz CT molecular complexity index is 657. The van der Waals surface area contributed by atoms with Crippen LogP contribution in [0.1, 0.15) is 30.3 Å². The lowest BCUT2D eigenvalue weighted by Crippen LogP contribution is -2.37. The van der Waals surface area contributed by atoms with Crippen LogP contribution in [-0.2, 0) is 16.0 Å². The Balaban J connectivity index is 1.29. The standard InChI is InChI=1S/C18H25N5O2/c1-2-4-16(23-7-9-24-10-8-23)14(3-1)11-19-12-15-5-6-17(25-15)18-20-13-21-22-18/h1-4,13,15,17,19H,5-12H2,(H,20,21,22)/t15-,17+/m1/s1. The molecule has 0 saturated carbocycles. The summed E-state index contributed by atoms with van der Waals surface area (Å²) >= 11 is 0. The van der Waals surface area contributed by atoms with E-state index in [1.165, 1.54) is 17.6 Å². The van der Waals surface area contributed by atoms with Crippen LogP contribution in [0.5, 0.6) is 0 Å². The van der Waals surface area contributed by atoms with Crippen molar-refractivity contribution in [3.8, 4) is 0 Å². The number of benzene rings is 1. The second-order valence-corrected chi connectivity index (χ2v) is 6.55. The summed E-state index contributed by atoms with van der Waals surface area (Å²) in [5.74, 6) is 0.833. The average molecular weight is 343 g/mol. The summed E-state index contributed by atoms with van der Waals surface area (Å²) in [5, 5.41) is 10.4. The maximum atomic E-state index is 6.07. The van der Waals surface area contributed by atoms with Crippen molar-refractivity contribution in [2.24, 2.45) is 0 Å². The SMILES string of the molecule is c1ccc(N2CCOCC2)c(CNC[C@H]2CC[C@@H](c3ncn[nH]3)O2)c1. The van der Waals surface area contributed by atoms with Crippen LogP contribution in [0.15, 0.2) is 30.6 Å². The van der Waals surface area contributed by atoms with Gasteiger partial charge in [-0.1, -0.05) is 18.2 Å². The molecule has 2 fully saturated rings. The van der Waals surface area contributed by atoms with Crippen molar-refractivity contribution in [1.82, 2.24) is 20.5 Å². The molecule has 25 heavy (non-hydrogen) atoms. The molecule has 4 rings (SSSR count). The highest BCUT2D eigenvalue weighted by molar-refractivity contribution is 5.53. The van der Waals surface area contributed by atoms with Gasteiger partial charge in [-0.3, -0.25) is 5.10 Å². The fourth-order valence-corrected chi connectivity index (χ4v) is 3.57. The molecule has 0 unspecified atom stereocenters. The lowest BCUT2D eigenvalue weighted by atomic mass is 10.1. The van der Waals surface area contributed by atoms with E-state index in [1.54, 1.807) is 0 Å². The van der Waals surface area contributed by atoms with Gasteiger partial charge in [0.25, 0.3) is 0 Å². The van der Waals surface area contributed by atoms with Crippen LogP contribution in [0.2, 0.25) is 0 Å². The number of rotatable bonds is 6. The third-order valence-electron chi connectivity index (χ3n) is 4.88. The number of nitrogens with one attached hydrogen (secondary N) is 2. The van der Waals surface area contributed by atoms with E-state index in [4.69, 9.17) is 9.47 Å². The van der Waals surface area contributed by atoms with Crippen LogP contribution in [0, 0.1) is 0 Å². The first-order valence-electron chi connectivity index (χ1n) is 9.02. The second-order valence-electron chi connectivity index (χ2n) is 6.55. The third-order valence-corrected chi connectivity index (χ3v) is 4.88. The zero-order valence-electron chi connectivity index (χ0n) is 14.4. The Morgan fingerprint density at radius 2 is 2.08 bits per heavy atom.